The molecule has 5 aromatic rings. The number of aromatic amines is 2. The highest BCUT2D eigenvalue weighted by molar-refractivity contribution is 6.08. The zero-order valence-corrected chi connectivity index (χ0v) is 17.6. The summed E-state index contributed by atoms with van der Waals surface area (Å²) in [6.07, 6.45) is 1.75. The number of nitrogens with zero attached hydrogens (tertiary/aromatic N) is 2. The topological polar surface area (TPSA) is 95.6 Å². The van der Waals surface area contributed by atoms with Gasteiger partial charge in [-0.3, -0.25) is 4.79 Å². The number of nitrogens with one attached hydrogen (secondary N) is 3. The van der Waals surface area contributed by atoms with Crippen molar-refractivity contribution in [3.05, 3.63) is 100 Å². The van der Waals surface area contributed by atoms with E-state index in [1.807, 2.05) is 56.3 Å². The van der Waals surface area contributed by atoms with Crippen LogP contribution >= 0.6 is 0 Å². The number of hydrogen-bond donors (Lipinski definition) is 3. The Hall–Kier alpha value is -4.39. The van der Waals surface area contributed by atoms with Crippen LogP contribution in [0.5, 0.6) is 0 Å². The molecule has 0 spiro atoms. The highest BCUT2D eigenvalue weighted by atomic mass is 16.2. The highest BCUT2D eigenvalue weighted by Crippen LogP contribution is 2.28. The maximum atomic E-state index is 13.3. The molecule has 0 aliphatic carbocycles. The molecule has 1 amide bonds. The molecule has 5 rings (SSSR count). The SMILES string of the molecule is Cc1ccc(-c2nn(-c3ccccc3)cc2C(=O)Nc2ccc3[nH]c(=O)[nH]c3c2)c(C)c1. The van der Waals surface area contributed by atoms with Gasteiger partial charge in [-0.25, -0.2) is 9.48 Å². The average Bonchev–Trinajstić information content (AvgIpc) is 3.37. The van der Waals surface area contributed by atoms with E-state index in [2.05, 4.69) is 21.4 Å². The molecule has 0 atom stereocenters. The van der Waals surface area contributed by atoms with Gasteiger partial charge in [0, 0.05) is 17.4 Å². The monoisotopic (exact) mass is 423 g/mol. The van der Waals surface area contributed by atoms with Crippen molar-refractivity contribution in [2.24, 2.45) is 0 Å². The van der Waals surface area contributed by atoms with E-state index in [0.29, 0.717) is 28.0 Å². The fourth-order valence-corrected chi connectivity index (χ4v) is 3.84. The Labute approximate surface area is 183 Å². The predicted molar refractivity (Wildman–Crippen MR) is 125 cm³/mol. The van der Waals surface area contributed by atoms with Crippen LogP contribution in [0.25, 0.3) is 28.0 Å². The van der Waals surface area contributed by atoms with Crippen LogP contribution in [0, 0.1) is 13.8 Å². The molecule has 0 aliphatic heterocycles. The third-order valence-corrected chi connectivity index (χ3v) is 5.39. The zero-order valence-electron chi connectivity index (χ0n) is 17.6. The Morgan fingerprint density at radius 2 is 1.72 bits per heavy atom. The van der Waals surface area contributed by atoms with Gasteiger partial charge in [0.15, 0.2) is 0 Å². The van der Waals surface area contributed by atoms with E-state index in [4.69, 9.17) is 5.10 Å². The van der Waals surface area contributed by atoms with Crippen LogP contribution in [0.4, 0.5) is 5.69 Å². The van der Waals surface area contributed by atoms with Crippen LogP contribution < -0.4 is 11.0 Å². The maximum Gasteiger partial charge on any atom is 0.323 e. The van der Waals surface area contributed by atoms with Crippen molar-refractivity contribution >= 4 is 22.6 Å². The molecule has 3 N–H and O–H groups in total. The Kier molecular flexibility index (Phi) is 4.71. The zero-order chi connectivity index (χ0) is 22.2. The second-order valence-electron chi connectivity index (χ2n) is 7.78. The normalized spacial score (nSPS) is 11.1. The smallest absolute Gasteiger partial charge is 0.322 e. The first-order chi connectivity index (χ1) is 15.5. The third kappa shape index (κ3) is 3.60. The molecule has 0 saturated carbocycles. The lowest BCUT2D eigenvalue weighted by atomic mass is 10.0. The summed E-state index contributed by atoms with van der Waals surface area (Å²) in [5.74, 6) is -0.278. The van der Waals surface area contributed by atoms with Gasteiger partial charge in [0.05, 0.1) is 22.3 Å². The summed E-state index contributed by atoms with van der Waals surface area (Å²) < 4.78 is 1.72. The number of carbonyl (C=O) groups is 1. The van der Waals surface area contributed by atoms with Gasteiger partial charge in [0.2, 0.25) is 0 Å². The molecule has 0 saturated heterocycles. The average molecular weight is 423 g/mol. The lowest BCUT2D eigenvalue weighted by Gasteiger charge is -2.08. The molecule has 2 aromatic heterocycles. The molecule has 0 unspecified atom stereocenters. The minimum Gasteiger partial charge on any atom is -0.322 e. The minimum atomic E-state index is -0.287. The standard InChI is InChI=1S/C25H21N5O2/c1-15-8-10-19(16(2)12-15)23-20(14-30(29-23)18-6-4-3-5-7-18)24(31)26-17-9-11-21-22(13-17)28-25(32)27-21/h3-14H,1-2H3,(H,26,31)(H2,27,28,32). The Morgan fingerprint density at radius 1 is 0.938 bits per heavy atom. The first-order valence-electron chi connectivity index (χ1n) is 10.2. The maximum absolute atomic E-state index is 13.3. The van der Waals surface area contributed by atoms with E-state index in [0.717, 1.165) is 22.4 Å². The molecular formula is C25H21N5O2. The Balaban J connectivity index is 1.58. The molecule has 32 heavy (non-hydrogen) atoms. The second kappa shape index (κ2) is 7.70. The van der Waals surface area contributed by atoms with Crippen molar-refractivity contribution in [2.75, 3.05) is 5.32 Å². The number of anilines is 1. The van der Waals surface area contributed by atoms with Gasteiger partial charge in [0.1, 0.15) is 5.69 Å². The van der Waals surface area contributed by atoms with Crippen molar-refractivity contribution in [1.29, 1.82) is 0 Å². The highest BCUT2D eigenvalue weighted by Gasteiger charge is 2.20. The number of H-pyrrole nitrogens is 2. The molecule has 3 aromatic carbocycles. The fourth-order valence-electron chi connectivity index (χ4n) is 3.84. The summed E-state index contributed by atoms with van der Waals surface area (Å²) >= 11 is 0. The van der Waals surface area contributed by atoms with Crippen LogP contribution in [-0.2, 0) is 0 Å². The number of carbonyl (C=O) groups excluding carboxylic acids is 1. The first-order valence-corrected chi connectivity index (χ1v) is 10.2. The number of rotatable bonds is 4. The van der Waals surface area contributed by atoms with Crippen LogP contribution in [0.2, 0.25) is 0 Å². The van der Waals surface area contributed by atoms with Gasteiger partial charge in [0.25, 0.3) is 5.91 Å². The van der Waals surface area contributed by atoms with Crippen LogP contribution in [0.3, 0.4) is 0 Å². The van der Waals surface area contributed by atoms with Gasteiger partial charge in [-0.15, -0.1) is 0 Å². The summed E-state index contributed by atoms with van der Waals surface area (Å²) in [6.45, 7) is 4.05. The number of aromatic nitrogens is 4. The van der Waals surface area contributed by atoms with Crippen molar-refractivity contribution in [1.82, 2.24) is 19.7 Å². The van der Waals surface area contributed by atoms with Gasteiger partial charge < -0.3 is 15.3 Å². The lowest BCUT2D eigenvalue weighted by molar-refractivity contribution is 0.102. The van der Waals surface area contributed by atoms with E-state index in [9.17, 15) is 9.59 Å². The van der Waals surface area contributed by atoms with Gasteiger partial charge in [-0.05, 0) is 49.7 Å². The quantitative estimate of drug-likeness (QED) is 0.395. The molecule has 0 aliphatic rings. The molecule has 158 valence electrons. The summed E-state index contributed by atoms with van der Waals surface area (Å²) in [5.41, 5.74) is 6.63. The molecule has 0 radical (unpaired) electrons. The van der Waals surface area contributed by atoms with Gasteiger partial charge >= 0.3 is 5.69 Å². The minimum absolute atomic E-state index is 0.278. The van der Waals surface area contributed by atoms with Crippen LogP contribution in [-0.4, -0.2) is 25.7 Å². The molecule has 0 fully saturated rings. The summed E-state index contributed by atoms with van der Waals surface area (Å²) in [7, 11) is 0. The van der Waals surface area contributed by atoms with E-state index >= 15 is 0 Å². The number of fused-ring (bicyclic) bond motifs is 1. The Bertz CT molecular complexity index is 1510. The summed E-state index contributed by atoms with van der Waals surface area (Å²) in [5, 5.41) is 7.70. The largest absolute Gasteiger partial charge is 0.323 e. The molecular weight excluding hydrogens is 402 g/mol. The number of para-hydroxylation sites is 1. The summed E-state index contributed by atoms with van der Waals surface area (Å²) in [6, 6.07) is 21.0. The number of aryl methyl sites for hydroxylation is 2. The van der Waals surface area contributed by atoms with Gasteiger partial charge in [-0.1, -0.05) is 42.0 Å². The molecule has 7 nitrogen and oxygen atoms in total. The number of hydrogen-bond acceptors (Lipinski definition) is 3. The van der Waals surface area contributed by atoms with Crippen molar-refractivity contribution in [3.8, 4) is 16.9 Å². The van der Waals surface area contributed by atoms with Crippen LogP contribution in [0.15, 0.2) is 77.7 Å². The summed E-state index contributed by atoms with van der Waals surface area (Å²) in [4.78, 5) is 30.3. The van der Waals surface area contributed by atoms with Gasteiger partial charge in [-0.2, -0.15) is 5.10 Å². The second-order valence-corrected chi connectivity index (χ2v) is 7.78. The number of benzene rings is 3. The lowest BCUT2D eigenvalue weighted by Crippen LogP contribution is -2.12. The van der Waals surface area contributed by atoms with Crippen molar-refractivity contribution in [2.45, 2.75) is 13.8 Å². The van der Waals surface area contributed by atoms with E-state index < -0.39 is 0 Å². The molecule has 7 heteroatoms. The third-order valence-electron chi connectivity index (χ3n) is 5.39. The molecule has 2 heterocycles. The predicted octanol–water partition coefficient (Wildman–Crippen LogP) is 4.58. The fraction of sp³-hybridized carbons (Fsp3) is 0.0800. The first kappa shape index (κ1) is 19.6. The van der Waals surface area contributed by atoms with E-state index in [1.54, 1.807) is 29.1 Å². The van der Waals surface area contributed by atoms with E-state index in [1.165, 1.54) is 0 Å². The van der Waals surface area contributed by atoms with Crippen LogP contribution in [0.1, 0.15) is 21.5 Å². The van der Waals surface area contributed by atoms with Crippen molar-refractivity contribution < 1.29 is 4.79 Å². The van der Waals surface area contributed by atoms with E-state index in [-0.39, 0.29) is 11.6 Å². The number of imidazole rings is 1. The Morgan fingerprint density at radius 3 is 2.50 bits per heavy atom. The molecule has 0 bridgehead atoms. The van der Waals surface area contributed by atoms with Crippen molar-refractivity contribution in [3.63, 3.8) is 0 Å². The number of amides is 1.